The fourth-order valence-electron chi connectivity index (χ4n) is 1.61. The second-order valence-electron chi connectivity index (χ2n) is 4.00. The third-order valence-electron chi connectivity index (χ3n) is 2.54. The molecule has 0 atom stereocenters. The van der Waals surface area contributed by atoms with Crippen molar-refractivity contribution in [2.45, 2.75) is 18.2 Å². The van der Waals surface area contributed by atoms with Gasteiger partial charge in [-0.05, 0) is 13.0 Å². The molecule has 2 heterocycles. The first-order valence-electron chi connectivity index (χ1n) is 5.93. The molecule has 0 aromatic carbocycles. The molecule has 0 bridgehead atoms. The van der Waals surface area contributed by atoms with Gasteiger partial charge in [-0.25, -0.2) is 13.1 Å². The molecule has 0 saturated carbocycles. The molecule has 0 aliphatic carbocycles. The molecule has 0 aliphatic heterocycles. The Morgan fingerprint density at radius 2 is 2.20 bits per heavy atom. The fraction of sp³-hybridized carbons (Fsp3) is 0.364. The molecule has 0 radical (unpaired) electrons. The quantitative estimate of drug-likeness (QED) is 0.790. The first-order chi connectivity index (χ1) is 9.53. The molecule has 0 spiro atoms. The molecule has 20 heavy (non-hydrogen) atoms. The Morgan fingerprint density at radius 1 is 1.40 bits per heavy atom. The summed E-state index contributed by atoms with van der Waals surface area (Å²) in [6.45, 7) is 1.87. The van der Waals surface area contributed by atoms with E-state index in [1.165, 1.54) is 12.4 Å². The number of nitrogens with zero attached hydrogens (tertiary/aromatic N) is 3. The van der Waals surface area contributed by atoms with E-state index in [2.05, 4.69) is 25.2 Å². The van der Waals surface area contributed by atoms with Crippen LogP contribution in [0.25, 0.3) is 0 Å². The summed E-state index contributed by atoms with van der Waals surface area (Å²) >= 11 is 0. The van der Waals surface area contributed by atoms with Gasteiger partial charge in [0.15, 0.2) is 5.82 Å². The highest BCUT2D eigenvalue weighted by atomic mass is 32.2. The Bertz CT molecular complexity index is 683. The van der Waals surface area contributed by atoms with Gasteiger partial charge in [0.25, 0.3) is 0 Å². The van der Waals surface area contributed by atoms with E-state index in [0.29, 0.717) is 23.8 Å². The summed E-state index contributed by atoms with van der Waals surface area (Å²) in [7, 11) is -1.98. The van der Waals surface area contributed by atoms with Crippen molar-refractivity contribution < 1.29 is 12.9 Å². The predicted molar refractivity (Wildman–Crippen MR) is 71.7 cm³/mol. The largest absolute Gasteiger partial charge is 0.387 e. The van der Waals surface area contributed by atoms with E-state index in [1.54, 1.807) is 20.0 Å². The summed E-state index contributed by atoms with van der Waals surface area (Å²) in [6, 6.07) is 1.59. The lowest BCUT2D eigenvalue weighted by molar-refractivity contribution is 0.375. The van der Waals surface area contributed by atoms with Crippen LogP contribution in [0.5, 0.6) is 0 Å². The topological polar surface area (TPSA) is 110 Å². The Hall–Kier alpha value is -2.00. The van der Waals surface area contributed by atoms with Gasteiger partial charge in [0.2, 0.25) is 15.9 Å². The van der Waals surface area contributed by atoms with Crippen LogP contribution in [0.3, 0.4) is 0 Å². The van der Waals surface area contributed by atoms with Crippen molar-refractivity contribution in [3.05, 3.63) is 30.2 Å². The molecule has 0 amide bonds. The van der Waals surface area contributed by atoms with E-state index >= 15 is 0 Å². The molecule has 0 aliphatic rings. The van der Waals surface area contributed by atoms with Crippen LogP contribution in [0.1, 0.15) is 11.7 Å². The second-order valence-corrected chi connectivity index (χ2v) is 5.74. The summed E-state index contributed by atoms with van der Waals surface area (Å²) in [4.78, 5) is 7.93. The Labute approximate surface area is 116 Å². The van der Waals surface area contributed by atoms with Crippen molar-refractivity contribution >= 4 is 15.7 Å². The molecule has 8 nitrogen and oxygen atoms in total. The molecule has 108 valence electrons. The van der Waals surface area contributed by atoms with Crippen LogP contribution in [0.4, 0.5) is 5.69 Å². The molecule has 2 aromatic rings. The highest BCUT2D eigenvalue weighted by Crippen LogP contribution is 2.18. The van der Waals surface area contributed by atoms with E-state index in [1.807, 2.05) is 0 Å². The number of aryl methyl sites for hydroxylation is 1. The molecule has 0 unspecified atom stereocenters. The molecule has 0 saturated heterocycles. The van der Waals surface area contributed by atoms with E-state index in [9.17, 15) is 8.42 Å². The van der Waals surface area contributed by atoms with Crippen molar-refractivity contribution in [3.63, 3.8) is 0 Å². The zero-order valence-electron chi connectivity index (χ0n) is 11.1. The number of pyridine rings is 1. The molecular formula is C11H15N5O3S. The SMILES string of the molecule is CNc1ccncc1S(=O)(=O)NCCc1nc(C)no1. The summed E-state index contributed by atoms with van der Waals surface area (Å²) in [5.41, 5.74) is 0.487. The van der Waals surface area contributed by atoms with Gasteiger partial charge in [0.1, 0.15) is 4.90 Å². The van der Waals surface area contributed by atoms with Crippen LogP contribution in [0.15, 0.2) is 27.9 Å². The second kappa shape index (κ2) is 5.97. The van der Waals surface area contributed by atoms with E-state index in [0.717, 1.165) is 0 Å². The van der Waals surface area contributed by atoms with Crippen molar-refractivity contribution in [1.82, 2.24) is 19.8 Å². The lowest BCUT2D eigenvalue weighted by Gasteiger charge is -2.09. The van der Waals surface area contributed by atoms with Crippen LogP contribution in [-0.2, 0) is 16.4 Å². The van der Waals surface area contributed by atoms with Gasteiger partial charge in [-0.1, -0.05) is 5.16 Å². The van der Waals surface area contributed by atoms with Crippen molar-refractivity contribution in [3.8, 4) is 0 Å². The van der Waals surface area contributed by atoms with Crippen molar-refractivity contribution in [2.75, 3.05) is 18.9 Å². The van der Waals surface area contributed by atoms with E-state index < -0.39 is 10.0 Å². The van der Waals surface area contributed by atoms with Gasteiger partial charge < -0.3 is 9.84 Å². The number of hydrogen-bond acceptors (Lipinski definition) is 7. The number of nitrogens with one attached hydrogen (secondary N) is 2. The van der Waals surface area contributed by atoms with Crippen LogP contribution < -0.4 is 10.0 Å². The van der Waals surface area contributed by atoms with Crippen molar-refractivity contribution in [2.24, 2.45) is 0 Å². The highest BCUT2D eigenvalue weighted by molar-refractivity contribution is 7.89. The number of sulfonamides is 1. The normalized spacial score (nSPS) is 11.5. The minimum atomic E-state index is -3.63. The molecule has 2 N–H and O–H groups in total. The minimum absolute atomic E-state index is 0.101. The van der Waals surface area contributed by atoms with E-state index in [4.69, 9.17) is 4.52 Å². The number of hydrogen-bond donors (Lipinski definition) is 2. The predicted octanol–water partition coefficient (Wildman–Crippen LogP) is 0.336. The molecule has 2 aromatic heterocycles. The monoisotopic (exact) mass is 297 g/mol. The molecule has 9 heteroatoms. The number of rotatable bonds is 6. The Kier molecular flexibility index (Phi) is 4.30. The Morgan fingerprint density at radius 3 is 2.85 bits per heavy atom. The number of anilines is 1. The zero-order chi connectivity index (χ0) is 14.6. The first-order valence-corrected chi connectivity index (χ1v) is 7.42. The van der Waals surface area contributed by atoms with Gasteiger partial charge in [0.05, 0.1) is 5.69 Å². The maximum atomic E-state index is 12.1. The third kappa shape index (κ3) is 3.31. The average Bonchev–Trinajstić information content (AvgIpc) is 2.84. The standard InChI is InChI=1S/C11H15N5O3S/c1-8-15-11(19-16-8)4-6-14-20(17,18)10-7-13-5-3-9(10)12-2/h3,5,7,14H,4,6H2,1-2H3,(H,12,13). The summed E-state index contributed by atoms with van der Waals surface area (Å²) in [5.74, 6) is 0.915. The highest BCUT2D eigenvalue weighted by Gasteiger charge is 2.18. The van der Waals surface area contributed by atoms with Crippen LogP contribution in [0.2, 0.25) is 0 Å². The third-order valence-corrected chi connectivity index (χ3v) is 4.03. The smallest absolute Gasteiger partial charge is 0.244 e. The zero-order valence-corrected chi connectivity index (χ0v) is 11.9. The maximum Gasteiger partial charge on any atom is 0.244 e. The average molecular weight is 297 g/mol. The van der Waals surface area contributed by atoms with Gasteiger partial charge >= 0.3 is 0 Å². The van der Waals surface area contributed by atoms with Gasteiger partial charge in [-0.3, -0.25) is 4.98 Å². The first kappa shape index (κ1) is 14.4. The summed E-state index contributed by atoms with van der Waals surface area (Å²) in [5, 5.41) is 6.45. The molecular weight excluding hydrogens is 282 g/mol. The minimum Gasteiger partial charge on any atom is -0.387 e. The van der Waals surface area contributed by atoms with Gasteiger partial charge in [-0.15, -0.1) is 0 Å². The number of aromatic nitrogens is 3. The summed E-state index contributed by atoms with van der Waals surface area (Å²) < 4.78 is 31.7. The van der Waals surface area contributed by atoms with Crippen LogP contribution in [0, 0.1) is 6.92 Å². The fourth-order valence-corrected chi connectivity index (χ4v) is 2.80. The van der Waals surface area contributed by atoms with Crippen molar-refractivity contribution in [1.29, 1.82) is 0 Å². The van der Waals surface area contributed by atoms with Gasteiger partial charge in [0, 0.05) is 32.4 Å². The van der Waals surface area contributed by atoms with Gasteiger partial charge in [-0.2, -0.15) is 4.98 Å². The lowest BCUT2D eigenvalue weighted by atomic mass is 10.4. The van der Waals surface area contributed by atoms with E-state index in [-0.39, 0.29) is 11.4 Å². The molecule has 0 fully saturated rings. The maximum absolute atomic E-state index is 12.1. The van der Waals surface area contributed by atoms with Crippen LogP contribution in [-0.4, -0.2) is 37.1 Å². The lowest BCUT2D eigenvalue weighted by Crippen LogP contribution is -2.26. The Balaban J connectivity index is 2.04. The van der Waals surface area contributed by atoms with Crippen LogP contribution >= 0.6 is 0 Å². The summed E-state index contributed by atoms with van der Waals surface area (Å²) in [6.07, 6.45) is 3.15. The molecule has 2 rings (SSSR count).